The first-order valence-electron chi connectivity index (χ1n) is 9.37. The summed E-state index contributed by atoms with van der Waals surface area (Å²) in [5.74, 6) is 1.01. The predicted molar refractivity (Wildman–Crippen MR) is 111 cm³/mol. The molecular weight excluding hydrogens is 374 g/mol. The second-order valence-electron chi connectivity index (χ2n) is 8.13. The van der Waals surface area contributed by atoms with Gasteiger partial charge in [-0.05, 0) is 38.7 Å². The van der Waals surface area contributed by atoms with Gasteiger partial charge >= 0.3 is 6.09 Å². The lowest BCUT2D eigenvalue weighted by Gasteiger charge is -2.26. The highest BCUT2D eigenvalue weighted by molar-refractivity contribution is 8.02. The van der Waals surface area contributed by atoms with Crippen molar-refractivity contribution in [3.63, 3.8) is 0 Å². The molecule has 1 aromatic carbocycles. The normalized spacial score (nSPS) is 14.7. The predicted octanol–water partition coefficient (Wildman–Crippen LogP) is 4.54. The third-order valence-corrected chi connectivity index (χ3v) is 4.80. The Morgan fingerprint density at radius 2 is 1.96 bits per heavy atom. The van der Waals surface area contributed by atoms with Gasteiger partial charge in [-0.3, -0.25) is 5.43 Å². The lowest BCUT2D eigenvalue weighted by molar-refractivity contribution is 0.0494. The molecule has 0 unspecified atom stereocenters. The van der Waals surface area contributed by atoms with Crippen molar-refractivity contribution in [1.29, 1.82) is 0 Å². The third kappa shape index (κ3) is 5.07. The topological polar surface area (TPSA) is 81.1 Å². The molecule has 2 aromatic rings. The van der Waals surface area contributed by atoms with Gasteiger partial charge < -0.3 is 10.1 Å². The summed E-state index contributed by atoms with van der Waals surface area (Å²) in [6, 6.07) is 9.74. The highest BCUT2D eigenvalue weighted by Gasteiger charge is 2.28. The third-order valence-electron chi connectivity index (χ3n) is 3.97. The minimum absolute atomic E-state index is 0.320. The van der Waals surface area contributed by atoms with Crippen molar-refractivity contribution in [2.75, 3.05) is 5.43 Å². The fraction of sp³-hybridized carbons (Fsp3) is 0.450. The van der Waals surface area contributed by atoms with Gasteiger partial charge in [-0.1, -0.05) is 55.9 Å². The first-order valence-corrected chi connectivity index (χ1v) is 10.2. The molecule has 0 saturated heterocycles. The van der Waals surface area contributed by atoms with Crippen molar-refractivity contribution in [2.24, 2.45) is 5.92 Å². The minimum Gasteiger partial charge on any atom is -0.444 e. The average molecular weight is 402 g/mol. The summed E-state index contributed by atoms with van der Waals surface area (Å²) in [7, 11) is 0. The van der Waals surface area contributed by atoms with Gasteiger partial charge in [-0.15, -0.1) is 10.2 Å². The molecule has 8 heteroatoms. The summed E-state index contributed by atoms with van der Waals surface area (Å²) in [6.07, 6.45) is 0.256. The van der Waals surface area contributed by atoms with Crippen LogP contribution in [0.25, 0.3) is 5.70 Å². The van der Waals surface area contributed by atoms with E-state index in [1.54, 1.807) is 0 Å². The summed E-state index contributed by atoms with van der Waals surface area (Å²) in [4.78, 5) is 12.4. The maximum Gasteiger partial charge on any atom is 0.408 e. The number of amides is 1. The number of hydrogen-bond donors (Lipinski definition) is 2. The number of nitrogens with zero attached hydrogens (tertiary/aromatic N) is 3. The number of rotatable bonds is 5. The van der Waals surface area contributed by atoms with Crippen LogP contribution in [0.2, 0.25) is 0 Å². The molecule has 0 saturated carbocycles. The largest absolute Gasteiger partial charge is 0.444 e. The number of hydrogen-bond acceptors (Lipinski definition) is 6. The molecular formula is C20H27N5O2S. The molecule has 0 bridgehead atoms. The Balaban J connectivity index is 1.84. The first kappa shape index (κ1) is 20.3. The zero-order chi connectivity index (χ0) is 20.3. The van der Waals surface area contributed by atoms with E-state index in [1.165, 1.54) is 11.8 Å². The van der Waals surface area contributed by atoms with Gasteiger partial charge in [-0.25, -0.2) is 9.47 Å². The highest BCUT2D eigenvalue weighted by Crippen LogP contribution is 2.31. The molecule has 150 valence electrons. The number of carbonyl (C=O) groups is 1. The Labute approximate surface area is 169 Å². The van der Waals surface area contributed by atoms with E-state index in [0.29, 0.717) is 18.2 Å². The number of nitrogens with one attached hydrogen (secondary N) is 2. The molecule has 1 aliphatic rings. The van der Waals surface area contributed by atoms with Gasteiger partial charge in [0.2, 0.25) is 5.16 Å². The van der Waals surface area contributed by atoms with E-state index in [0.717, 1.165) is 16.4 Å². The zero-order valence-corrected chi connectivity index (χ0v) is 17.7. The Morgan fingerprint density at radius 1 is 1.25 bits per heavy atom. The standard InChI is InChI=1S/C20H27N5O2S/c1-13(2)11-15(21-19(26)27-20(3,4)5)17-22-23-18-25(17)24-16(12-28-18)14-9-7-6-8-10-14/h6-10,12-13,15,24H,11H2,1-5H3,(H,21,26)/t15-/m0/s1. The van der Waals surface area contributed by atoms with E-state index >= 15 is 0 Å². The van der Waals surface area contributed by atoms with Crippen molar-refractivity contribution in [3.8, 4) is 0 Å². The van der Waals surface area contributed by atoms with E-state index < -0.39 is 11.7 Å². The van der Waals surface area contributed by atoms with Crippen LogP contribution in [-0.2, 0) is 4.74 Å². The molecule has 7 nitrogen and oxygen atoms in total. The maximum atomic E-state index is 12.4. The molecule has 0 spiro atoms. The van der Waals surface area contributed by atoms with E-state index in [2.05, 4.69) is 34.8 Å². The molecule has 1 aromatic heterocycles. The molecule has 3 rings (SSSR count). The molecule has 0 fully saturated rings. The number of ether oxygens (including phenoxy) is 1. The van der Waals surface area contributed by atoms with E-state index in [9.17, 15) is 4.79 Å². The quantitative estimate of drug-likeness (QED) is 0.766. The van der Waals surface area contributed by atoms with Gasteiger partial charge in [0, 0.05) is 5.41 Å². The average Bonchev–Trinajstić information content (AvgIpc) is 3.03. The van der Waals surface area contributed by atoms with Gasteiger partial charge in [0.1, 0.15) is 5.60 Å². The van der Waals surface area contributed by atoms with Crippen molar-refractivity contribution >= 4 is 23.6 Å². The molecule has 2 N–H and O–H groups in total. The molecule has 1 amide bonds. The van der Waals surface area contributed by atoms with Crippen molar-refractivity contribution in [3.05, 3.63) is 47.1 Å². The number of fused-ring (bicyclic) bond motifs is 1. The maximum absolute atomic E-state index is 12.4. The minimum atomic E-state index is -0.561. The molecule has 0 aliphatic carbocycles. The second-order valence-corrected chi connectivity index (χ2v) is 8.97. The Bertz CT molecular complexity index is 855. The van der Waals surface area contributed by atoms with Crippen molar-refractivity contribution in [1.82, 2.24) is 20.2 Å². The number of thioether (sulfide) groups is 1. The van der Waals surface area contributed by atoms with Crippen LogP contribution in [0.4, 0.5) is 4.79 Å². The molecule has 1 atom stereocenters. The van der Waals surface area contributed by atoms with Gasteiger partial charge in [-0.2, -0.15) is 0 Å². The van der Waals surface area contributed by atoms with Crippen LogP contribution in [0.5, 0.6) is 0 Å². The van der Waals surface area contributed by atoms with E-state index in [-0.39, 0.29) is 6.04 Å². The summed E-state index contributed by atoms with van der Waals surface area (Å²) < 4.78 is 7.28. The van der Waals surface area contributed by atoms with Crippen LogP contribution in [0.1, 0.15) is 58.5 Å². The highest BCUT2D eigenvalue weighted by atomic mass is 32.2. The van der Waals surface area contributed by atoms with Crippen LogP contribution in [-0.4, -0.2) is 26.6 Å². The first-order chi connectivity index (χ1) is 13.2. The Morgan fingerprint density at radius 3 is 2.61 bits per heavy atom. The fourth-order valence-electron chi connectivity index (χ4n) is 2.85. The molecule has 28 heavy (non-hydrogen) atoms. The zero-order valence-electron chi connectivity index (χ0n) is 16.9. The summed E-state index contributed by atoms with van der Waals surface area (Å²) in [5, 5.41) is 14.3. The number of benzene rings is 1. The van der Waals surface area contributed by atoms with Crippen molar-refractivity contribution in [2.45, 2.75) is 57.8 Å². The molecule has 1 aliphatic heterocycles. The SMILES string of the molecule is CC(C)C[C@H](NC(=O)OC(C)(C)C)c1nnc2n1NC(c1ccccc1)=CS2. The Kier molecular flexibility index (Phi) is 5.98. The van der Waals surface area contributed by atoms with E-state index in [4.69, 9.17) is 4.74 Å². The summed E-state index contributed by atoms with van der Waals surface area (Å²) in [5.41, 5.74) is 4.84. The number of aromatic nitrogens is 3. The Hall–Kier alpha value is -2.48. The molecule has 0 radical (unpaired) electrons. The van der Waals surface area contributed by atoms with Gasteiger partial charge in [0.05, 0.1) is 11.7 Å². The number of alkyl carbamates (subject to hydrolysis) is 1. The molecule has 2 heterocycles. The summed E-state index contributed by atoms with van der Waals surface area (Å²) in [6.45, 7) is 9.75. The number of carbonyl (C=O) groups excluding carboxylic acids is 1. The second kappa shape index (κ2) is 8.26. The van der Waals surface area contributed by atoms with Crippen LogP contribution >= 0.6 is 11.8 Å². The lowest BCUT2D eigenvalue weighted by atomic mass is 10.0. The van der Waals surface area contributed by atoms with Crippen molar-refractivity contribution < 1.29 is 9.53 Å². The van der Waals surface area contributed by atoms with Gasteiger partial charge in [0.15, 0.2) is 5.82 Å². The van der Waals surface area contributed by atoms with Crippen LogP contribution in [0.15, 0.2) is 40.9 Å². The van der Waals surface area contributed by atoms with E-state index in [1.807, 2.05) is 61.2 Å². The smallest absolute Gasteiger partial charge is 0.408 e. The lowest BCUT2D eigenvalue weighted by Crippen LogP contribution is -2.37. The van der Waals surface area contributed by atoms with Gasteiger partial charge in [0.25, 0.3) is 0 Å². The van der Waals surface area contributed by atoms with Crippen LogP contribution in [0.3, 0.4) is 0 Å². The fourth-order valence-corrected chi connectivity index (χ4v) is 3.59. The summed E-state index contributed by atoms with van der Waals surface area (Å²) >= 11 is 1.50. The monoisotopic (exact) mass is 401 g/mol. The van der Waals surface area contributed by atoms with Crippen LogP contribution in [0, 0.1) is 5.92 Å². The van der Waals surface area contributed by atoms with Crippen LogP contribution < -0.4 is 10.7 Å².